The zero-order chi connectivity index (χ0) is 18.0. The molecule has 1 aromatic heterocycles. The molecule has 0 radical (unpaired) electrons. The molecule has 0 amide bonds. The number of aromatic nitrogens is 2. The van der Waals surface area contributed by atoms with Crippen LogP contribution in [0.5, 0.6) is 0 Å². The first-order chi connectivity index (χ1) is 11.8. The minimum Gasteiger partial charge on any atom is -0.366 e. The number of rotatable bonds is 5. The molecule has 0 saturated carbocycles. The molecule has 0 bridgehead atoms. The number of benzene rings is 1. The summed E-state index contributed by atoms with van der Waals surface area (Å²) in [4.78, 5) is 20.0. The van der Waals surface area contributed by atoms with Gasteiger partial charge in [0.15, 0.2) is 15.6 Å². The van der Waals surface area contributed by atoms with Crippen LogP contribution >= 0.6 is 0 Å². The average Bonchev–Trinajstić information content (AvgIpc) is 2.86. The molecule has 0 aliphatic carbocycles. The highest BCUT2D eigenvalue weighted by Crippen LogP contribution is 2.21. The van der Waals surface area contributed by atoms with Crippen molar-refractivity contribution < 1.29 is 13.2 Å². The number of carbonyl (C=O) groups is 1. The van der Waals surface area contributed by atoms with Crippen LogP contribution in [0.15, 0.2) is 30.3 Å². The van der Waals surface area contributed by atoms with Crippen LogP contribution < -0.4 is 10.6 Å². The molecule has 1 unspecified atom stereocenters. The van der Waals surface area contributed by atoms with Gasteiger partial charge in [-0.25, -0.2) is 18.4 Å². The van der Waals surface area contributed by atoms with Crippen molar-refractivity contribution in [2.24, 2.45) is 0 Å². The standard InChI is InChI=1S/C17H20N4O3S/c1-11(22)13-3-5-14(6-4-13)20-16-9-17(19-12(2)18-16)21-15-7-8-25(23,24)10-15/h3-6,9,15H,7-8,10H2,1-2H3,(H2,18,19,20,21). The van der Waals surface area contributed by atoms with Crippen LogP contribution in [0, 0.1) is 6.92 Å². The fourth-order valence-electron chi connectivity index (χ4n) is 2.76. The molecular formula is C17H20N4O3S. The van der Waals surface area contributed by atoms with E-state index < -0.39 is 9.84 Å². The molecule has 1 aromatic carbocycles. The fraction of sp³-hybridized carbons (Fsp3) is 0.353. The van der Waals surface area contributed by atoms with Gasteiger partial charge in [0.2, 0.25) is 0 Å². The van der Waals surface area contributed by atoms with Crippen molar-refractivity contribution >= 4 is 32.9 Å². The predicted molar refractivity (Wildman–Crippen MR) is 97.2 cm³/mol. The molecule has 132 valence electrons. The largest absolute Gasteiger partial charge is 0.366 e. The van der Waals surface area contributed by atoms with Gasteiger partial charge in [0.1, 0.15) is 17.5 Å². The Labute approximate surface area is 146 Å². The molecule has 1 saturated heterocycles. The lowest BCUT2D eigenvalue weighted by molar-refractivity contribution is 0.101. The molecule has 2 N–H and O–H groups in total. The molecule has 1 atom stereocenters. The third kappa shape index (κ3) is 4.54. The second-order valence-electron chi connectivity index (χ2n) is 6.19. The second-order valence-corrected chi connectivity index (χ2v) is 8.42. The lowest BCUT2D eigenvalue weighted by atomic mass is 10.1. The molecule has 1 aliphatic heterocycles. The van der Waals surface area contributed by atoms with Crippen LogP contribution in [0.3, 0.4) is 0 Å². The third-order valence-corrected chi connectivity index (χ3v) is 5.75. The Bertz CT molecular complexity index is 895. The van der Waals surface area contributed by atoms with Crippen molar-refractivity contribution in [1.29, 1.82) is 0 Å². The number of anilines is 3. The number of aryl methyl sites for hydroxylation is 1. The summed E-state index contributed by atoms with van der Waals surface area (Å²) in [5.74, 6) is 2.13. The molecule has 1 aliphatic rings. The minimum atomic E-state index is -2.94. The van der Waals surface area contributed by atoms with Crippen LogP contribution in [-0.2, 0) is 9.84 Å². The van der Waals surface area contributed by atoms with Gasteiger partial charge in [0.25, 0.3) is 0 Å². The van der Waals surface area contributed by atoms with E-state index >= 15 is 0 Å². The van der Waals surface area contributed by atoms with Crippen molar-refractivity contribution in [3.05, 3.63) is 41.7 Å². The molecule has 8 heteroatoms. The first-order valence-electron chi connectivity index (χ1n) is 8.01. The molecule has 0 spiro atoms. The van der Waals surface area contributed by atoms with E-state index in [9.17, 15) is 13.2 Å². The van der Waals surface area contributed by atoms with Gasteiger partial charge < -0.3 is 10.6 Å². The number of Topliss-reactive ketones (excluding diaryl/α,β-unsaturated/α-hetero) is 1. The Hall–Kier alpha value is -2.48. The number of hydrogen-bond donors (Lipinski definition) is 2. The number of nitrogens with zero attached hydrogens (tertiary/aromatic N) is 2. The lowest BCUT2D eigenvalue weighted by Gasteiger charge is -2.14. The average molecular weight is 360 g/mol. The highest BCUT2D eigenvalue weighted by Gasteiger charge is 2.28. The van der Waals surface area contributed by atoms with Gasteiger partial charge in [0, 0.05) is 23.4 Å². The molecular weight excluding hydrogens is 340 g/mol. The summed E-state index contributed by atoms with van der Waals surface area (Å²) < 4.78 is 23.1. The number of carbonyl (C=O) groups excluding carboxylic acids is 1. The maximum atomic E-state index is 11.6. The van der Waals surface area contributed by atoms with Crippen molar-refractivity contribution in [1.82, 2.24) is 9.97 Å². The minimum absolute atomic E-state index is 0.0161. The fourth-order valence-corrected chi connectivity index (χ4v) is 4.43. The number of nitrogens with one attached hydrogen (secondary N) is 2. The molecule has 3 rings (SSSR count). The second kappa shape index (κ2) is 6.79. The summed E-state index contributed by atoms with van der Waals surface area (Å²) >= 11 is 0. The zero-order valence-electron chi connectivity index (χ0n) is 14.1. The Morgan fingerprint density at radius 2 is 1.84 bits per heavy atom. The maximum Gasteiger partial charge on any atom is 0.159 e. The van der Waals surface area contributed by atoms with Crippen LogP contribution in [0.25, 0.3) is 0 Å². The van der Waals surface area contributed by atoms with E-state index in [1.807, 2.05) is 12.1 Å². The molecule has 1 fully saturated rings. The summed E-state index contributed by atoms with van der Waals surface area (Å²) in [6.45, 7) is 3.30. The predicted octanol–water partition coefficient (Wildman–Crippen LogP) is 2.33. The van der Waals surface area contributed by atoms with E-state index in [0.29, 0.717) is 29.4 Å². The summed E-state index contributed by atoms with van der Waals surface area (Å²) in [6, 6.07) is 8.75. The SMILES string of the molecule is CC(=O)c1ccc(Nc2cc(NC3CCS(=O)(=O)C3)nc(C)n2)cc1. The third-order valence-electron chi connectivity index (χ3n) is 3.99. The van der Waals surface area contributed by atoms with Gasteiger partial charge in [-0.1, -0.05) is 0 Å². The molecule has 2 aromatic rings. The van der Waals surface area contributed by atoms with E-state index in [1.54, 1.807) is 25.1 Å². The summed E-state index contributed by atoms with van der Waals surface area (Å²) in [5.41, 5.74) is 1.45. The highest BCUT2D eigenvalue weighted by molar-refractivity contribution is 7.91. The quantitative estimate of drug-likeness (QED) is 0.789. The molecule has 7 nitrogen and oxygen atoms in total. The number of sulfone groups is 1. The van der Waals surface area contributed by atoms with E-state index in [0.717, 1.165) is 5.69 Å². The van der Waals surface area contributed by atoms with Crippen molar-refractivity contribution in [2.75, 3.05) is 22.1 Å². The van der Waals surface area contributed by atoms with Crippen LogP contribution in [0.1, 0.15) is 29.5 Å². The van der Waals surface area contributed by atoms with Gasteiger partial charge in [-0.2, -0.15) is 0 Å². The Morgan fingerprint density at radius 3 is 2.44 bits per heavy atom. The first-order valence-corrected chi connectivity index (χ1v) is 9.83. The maximum absolute atomic E-state index is 11.6. The van der Waals surface area contributed by atoms with Gasteiger partial charge in [0.05, 0.1) is 11.5 Å². The van der Waals surface area contributed by atoms with E-state index in [2.05, 4.69) is 20.6 Å². The first kappa shape index (κ1) is 17.3. The van der Waals surface area contributed by atoms with Crippen LogP contribution in [0.4, 0.5) is 17.3 Å². The zero-order valence-corrected chi connectivity index (χ0v) is 14.9. The summed E-state index contributed by atoms with van der Waals surface area (Å²) in [5, 5.41) is 6.34. The normalized spacial score (nSPS) is 18.7. The molecule has 25 heavy (non-hydrogen) atoms. The van der Waals surface area contributed by atoms with E-state index in [4.69, 9.17) is 0 Å². The number of hydrogen-bond acceptors (Lipinski definition) is 7. The lowest BCUT2D eigenvalue weighted by Crippen LogP contribution is -2.21. The highest BCUT2D eigenvalue weighted by atomic mass is 32.2. The topological polar surface area (TPSA) is 101 Å². The van der Waals surface area contributed by atoms with Gasteiger partial charge in [-0.3, -0.25) is 4.79 Å². The van der Waals surface area contributed by atoms with Crippen molar-refractivity contribution in [3.63, 3.8) is 0 Å². The van der Waals surface area contributed by atoms with Crippen molar-refractivity contribution in [2.45, 2.75) is 26.3 Å². The Morgan fingerprint density at radius 1 is 1.16 bits per heavy atom. The summed E-state index contributed by atoms with van der Waals surface area (Å²) in [6.07, 6.45) is 0.584. The van der Waals surface area contributed by atoms with Crippen LogP contribution in [-0.4, -0.2) is 41.7 Å². The van der Waals surface area contributed by atoms with Gasteiger partial charge in [-0.05, 0) is 44.5 Å². The monoisotopic (exact) mass is 360 g/mol. The van der Waals surface area contributed by atoms with Gasteiger partial charge in [-0.15, -0.1) is 0 Å². The van der Waals surface area contributed by atoms with E-state index in [1.165, 1.54) is 6.92 Å². The molecule has 2 heterocycles. The Kier molecular flexibility index (Phi) is 4.71. The van der Waals surface area contributed by atoms with Crippen LogP contribution in [0.2, 0.25) is 0 Å². The smallest absolute Gasteiger partial charge is 0.159 e. The van der Waals surface area contributed by atoms with Gasteiger partial charge >= 0.3 is 0 Å². The van der Waals surface area contributed by atoms with Crippen molar-refractivity contribution in [3.8, 4) is 0 Å². The summed E-state index contributed by atoms with van der Waals surface area (Å²) in [7, 11) is -2.94. The Balaban J connectivity index is 1.74. The number of ketones is 1. The van der Waals surface area contributed by atoms with E-state index in [-0.39, 0.29) is 23.3 Å².